The lowest BCUT2D eigenvalue weighted by Gasteiger charge is -2.23. The lowest BCUT2D eigenvalue weighted by molar-refractivity contribution is 0.0696. The Labute approximate surface area is 150 Å². The van der Waals surface area contributed by atoms with Crippen LogP contribution in [0, 0.1) is 0 Å². The van der Waals surface area contributed by atoms with Crippen molar-refractivity contribution in [3.05, 3.63) is 54.6 Å². The van der Waals surface area contributed by atoms with Crippen LogP contribution in [0.2, 0.25) is 0 Å². The zero-order valence-electron chi connectivity index (χ0n) is 15.0. The van der Waals surface area contributed by atoms with E-state index in [0.717, 1.165) is 38.3 Å². The van der Waals surface area contributed by atoms with Crippen molar-refractivity contribution < 1.29 is 9.84 Å². The molecular formula is C21H28N2O2. The van der Waals surface area contributed by atoms with Gasteiger partial charge in [0.1, 0.15) is 18.5 Å². The normalized spacial score (nSPS) is 17.8. The van der Waals surface area contributed by atoms with Gasteiger partial charge in [-0.2, -0.15) is 0 Å². The van der Waals surface area contributed by atoms with E-state index in [9.17, 15) is 5.11 Å². The van der Waals surface area contributed by atoms with Crippen molar-refractivity contribution in [1.82, 2.24) is 9.80 Å². The fourth-order valence-electron chi connectivity index (χ4n) is 3.20. The lowest BCUT2D eigenvalue weighted by Crippen LogP contribution is -2.37. The minimum Gasteiger partial charge on any atom is -0.491 e. The van der Waals surface area contributed by atoms with E-state index in [2.05, 4.69) is 41.1 Å². The van der Waals surface area contributed by atoms with Crippen LogP contribution < -0.4 is 4.74 Å². The third-order valence-electron chi connectivity index (χ3n) is 4.68. The molecule has 3 rings (SSSR count). The number of β-amino-alcohol motifs (C(OH)–C–C–N with tert-alkyl or cyclic N) is 1. The van der Waals surface area contributed by atoms with E-state index in [1.807, 2.05) is 30.3 Å². The predicted molar refractivity (Wildman–Crippen MR) is 102 cm³/mol. The summed E-state index contributed by atoms with van der Waals surface area (Å²) in [6.45, 7) is 5.27. The molecule has 0 spiro atoms. The molecule has 0 amide bonds. The molecule has 1 heterocycles. The molecule has 134 valence electrons. The van der Waals surface area contributed by atoms with Gasteiger partial charge in [0.05, 0.1) is 0 Å². The number of likely N-dealkylation sites (N-methyl/N-ethyl adjacent to an activating group) is 1. The van der Waals surface area contributed by atoms with E-state index in [-0.39, 0.29) is 0 Å². The third kappa shape index (κ3) is 5.56. The van der Waals surface area contributed by atoms with Crippen molar-refractivity contribution in [1.29, 1.82) is 0 Å². The van der Waals surface area contributed by atoms with E-state index < -0.39 is 6.10 Å². The first-order valence-corrected chi connectivity index (χ1v) is 9.08. The van der Waals surface area contributed by atoms with Crippen molar-refractivity contribution in [2.24, 2.45) is 0 Å². The first-order valence-electron chi connectivity index (χ1n) is 9.08. The van der Waals surface area contributed by atoms with Gasteiger partial charge in [-0.3, -0.25) is 4.90 Å². The van der Waals surface area contributed by atoms with Gasteiger partial charge in [-0.05, 0) is 49.8 Å². The molecule has 4 nitrogen and oxygen atoms in total. The van der Waals surface area contributed by atoms with Gasteiger partial charge in [-0.1, -0.05) is 42.5 Å². The smallest absolute Gasteiger partial charge is 0.119 e. The van der Waals surface area contributed by atoms with E-state index in [0.29, 0.717) is 13.2 Å². The number of hydrogen-bond donors (Lipinski definition) is 1. The fraction of sp³-hybridized carbons (Fsp3) is 0.429. The Morgan fingerprint density at radius 1 is 0.920 bits per heavy atom. The lowest BCUT2D eigenvalue weighted by atomic mass is 10.1. The molecular weight excluding hydrogens is 312 g/mol. The van der Waals surface area contributed by atoms with Crippen LogP contribution in [-0.4, -0.2) is 67.4 Å². The van der Waals surface area contributed by atoms with E-state index in [4.69, 9.17) is 4.74 Å². The summed E-state index contributed by atoms with van der Waals surface area (Å²) in [6, 6.07) is 18.3. The summed E-state index contributed by atoms with van der Waals surface area (Å²) >= 11 is 0. The van der Waals surface area contributed by atoms with Crippen molar-refractivity contribution in [2.75, 3.05) is 46.4 Å². The quantitative estimate of drug-likeness (QED) is 0.877. The van der Waals surface area contributed by atoms with Gasteiger partial charge in [-0.15, -0.1) is 0 Å². The highest BCUT2D eigenvalue weighted by atomic mass is 16.5. The summed E-state index contributed by atoms with van der Waals surface area (Å²) in [5, 5.41) is 10.3. The first kappa shape index (κ1) is 17.9. The topological polar surface area (TPSA) is 35.9 Å². The number of ether oxygens (including phenoxy) is 1. The van der Waals surface area contributed by atoms with Gasteiger partial charge < -0.3 is 14.7 Å². The molecule has 0 saturated carbocycles. The number of benzene rings is 2. The maximum atomic E-state index is 10.3. The molecule has 2 aromatic rings. The number of aliphatic hydroxyl groups excluding tert-OH is 1. The average Bonchev–Trinajstić information content (AvgIpc) is 2.85. The van der Waals surface area contributed by atoms with Crippen LogP contribution in [0.1, 0.15) is 6.42 Å². The van der Waals surface area contributed by atoms with Crippen molar-refractivity contribution in [3.63, 3.8) is 0 Å². The first-order chi connectivity index (χ1) is 12.2. The number of aliphatic hydroxyl groups is 1. The average molecular weight is 340 g/mol. The standard InChI is InChI=1S/C21H28N2O2/c1-22-12-5-13-23(15-14-22)16-20(24)17-25-21-10-8-19(9-11-21)18-6-3-2-4-7-18/h2-4,6-11,20,24H,5,12-17H2,1H3/t20-/m1/s1. The molecule has 0 bridgehead atoms. The second-order valence-electron chi connectivity index (χ2n) is 6.81. The van der Waals surface area contributed by atoms with Crippen LogP contribution >= 0.6 is 0 Å². The predicted octanol–water partition coefficient (Wildman–Crippen LogP) is 2.73. The van der Waals surface area contributed by atoms with Gasteiger partial charge in [0.25, 0.3) is 0 Å². The molecule has 0 aromatic heterocycles. The van der Waals surface area contributed by atoms with Gasteiger partial charge in [0.2, 0.25) is 0 Å². The van der Waals surface area contributed by atoms with Gasteiger partial charge in [0, 0.05) is 19.6 Å². The maximum Gasteiger partial charge on any atom is 0.119 e. The van der Waals surface area contributed by atoms with Crippen molar-refractivity contribution in [3.8, 4) is 16.9 Å². The minimum absolute atomic E-state index is 0.330. The zero-order chi connectivity index (χ0) is 17.5. The van der Waals surface area contributed by atoms with E-state index in [1.165, 1.54) is 11.1 Å². The third-order valence-corrected chi connectivity index (χ3v) is 4.68. The van der Waals surface area contributed by atoms with Crippen LogP contribution in [0.5, 0.6) is 5.75 Å². The van der Waals surface area contributed by atoms with E-state index in [1.54, 1.807) is 0 Å². The summed E-state index contributed by atoms with van der Waals surface area (Å²) in [6.07, 6.45) is 0.697. The second kappa shape index (κ2) is 8.99. The molecule has 1 fully saturated rings. The second-order valence-corrected chi connectivity index (χ2v) is 6.81. The summed E-state index contributed by atoms with van der Waals surface area (Å²) in [5.41, 5.74) is 2.36. The molecule has 25 heavy (non-hydrogen) atoms. The van der Waals surface area contributed by atoms with Crippen molar-refractivity contribution in [2.45, 2.75) is 12.5 Å². The Hall–Kier alpha value is -1.88. The molecule has 1 saturated heterocycles. The summed E-state index contributed by atoms with van der Waals surface area (Å²) in [7, 11) is 2.15. The molecule has 0 unspecified atom stereocenters. The van der Waals surface area contributed by atoms with Gasteiger partial charge in [0.15, 0.2) is 0 Å². The highest BCUT2D eigenvalue weighted by Crippen LogP contribution is 2.22. The Bertz CT molecular complexity index is 630. The molecule has 0 aliphatic carbocycles. The molecule has 1 atom stereocenters. The van der Waals surface area contributed by atoms with Crippen LogP contribution in [0.4, 0.5) is 0 Å². The van der Waals surface area contributed by atoms with E-state index >= 15 is 0 Å². The summed E-state index contributed by atoms with van der Waals surface area (Å²) in [4.78, 5) is 4.67. The number of rotatable bonds is 6. The molecule has 4 heteroatoms. The Balaban J connectivity index is 1.46. The van der Waals surface area contributed by atoms with Crippen LogP contribution in [-0.2, 0) is 0 Å². The minimum atomic E-state index is -0.461. The van der Waals surface area contributed by atoms with Gasteiger partial charge >= 0.3 is 0 Å². The zero-order valence-corrected chi connectivity index (χ0v) is 15.0. The largest absolute Gasteiger partial charge is 0.491 e. The maximum absolute atomic E-state index is 10.3. The Morgan fingerprint density at radius 2 is 1.64 bits per heavy atom. The molecule has 1 aliphatic rings. The van der Waals surface area contributed by atoms with Crippen LogP contribution in [0.25, 0.3) is 11.1 Å². The molecule has 0 radical (unpaired) electrons. The monoisotopic (exact) mass is 340 g/mol. The number of nitrogens with zero attached hydrogens (tertiary/aromatic N) is 2. The highest BCUT2D eigenvalue weighted by Gasteiger charge is 2.16. The molecule has 1 N–H and O–H groups in total. The van der Waals surface area contributed by atoms with Crippen LogP contribution in [0.15, 0.2) is 54.6 Å². The highest BCUT2D eigenvalue weighted by molar-refractivity contribution is 5.63. The Morgan fingerprint density at radius 3 is 2.40 bits per heavy atom. The molecule has 1 aliphatic heterocycles. The van der Waals surface area contributed by atoms with Gasteiger partial charge in [-0.25, -0.2) is 0 Å². The Kier molecular flexibility index (Phi) is 6.45. The molecule has 2 aromatic carbocycles. The SMILES string of the molecule is CN1CCCN(C[C@@H](O)COc2ccc(-c3ccccc3)cc2)CC1. The van der Waals surface area contributed by atoms with Crippen molar-refractivity contribution >= 4 is 0 Å². The summed E-state index contributed by atoms with van der Waals surface area (Å²) < 4.78 is 5.77. The van der Waals surface area contributed by atoms with Crippen LogP contribution in [0.3, 0.4) is 0 Å². The summed E-state index contributed by atoms with van der Waals surface area (Å²) in [5.74, 6) is 0.800. The fourth-order valence-corrected chi connectivity index (χ4v) is 3.20. The number of hydrogen-bond acceptors (Lipinski definition) is 4.